The molecule has 0 spiro atoms. The Morgan fingerprint density at radius 1 is 0.900 bits per heavy atom. The Hall–Kier alpha value is -1.05. The Labute approximate surface area is 202 Å². The van der Waals surface area contributed by atoms with Crippen LogP contribution in [0.1, 0.15) is 70.3 Å². The van der Waals surface area contributed by atoms with Crippen molar-refractivity contribution >= 4 is 10.1 Å². The van der Waals surface area contributed by atoms with E-state index in [4.69, 9.17) is 4.74 Å². The average Bonchev–Trinajstić information content (AvgIpc) is 2.68. The van der Waals surface area contributed by atoms with E-state index < -0.39 is 20.8 Å². The van der Waals surface area contributed by atoms with Gasteiger partial charge in [-0.25, -0.2) is 0 Å². The normalized spacial score (nSPS) is 11.1. The number of para-hydroxylation sites is 1. The third-order valence-electron chi connectivity index (χ3n) is 4.91. The fourth-order valence-corrected chi connectivity index (χ4v) is 3.95. The standard InChI is InChI=1S/C23H32O5S.Na/c1-2-3-4-5-6-7-8-9-10-13-19-14-11-15-20(18-19)28-23-21(24)16-12-17-22(23)29(25,26)27;/h11-12,14-18,24H,2-10,13H2,1H3,(H,25,26,27);/q;+1/p-1. The molecular weight excluding hydrogens is 411 g/mol. The van der Waals surface area contributed by atoms with Gasteiger partial charge in [-0.3, -0.25) is 4.55 Å². The van der Waals surface area contributed by atoms with E-state index in [9.17, 15) is 18.1 Å². The van der Waals surface area contributed by atoms with Crippen molar-refractivity contribution in [3.8, 4) is 17.2 Å². The Balaban J connectivity index is 0.00000450. The van der Waals surface area contributed by atoms with Gasteiger partial charge >= 0.3 is 29.6 Å². The van der Waals surface area contributed by atoms with E-state index in [1.165, 1.54) is 63.5 Å². The molecule has 0 bridgehead atoms. The molecular formula is C23H31NaO5S. The topological polar surface area (TPSA) is 86.7 Å². The minimum Gasteiger partial charge on any atom is -0.870 e. The average molecular weight is 443 g/mol. The molecule has 2 aromatic carbocycles. The van der Waals surface area contributed by atoms with Gasteiger partial charge in [-0.05, 0) is 36.6 Å². The summed E-state index contributed by atoms with van der Waals surface area (Å²) < 4.78 is 37.9. The van der Waals surface area contributed by atoms with Gasteiger partial charge in [0, 0.05) is 0 Å². The van der Waals surface area contributed by atoms with Crippen LogP contribution >= 0.6 is 0 Å². The molecule has 0 aromatic heterocycles. The van der Waals surface area contributed by atoms with Crippen LogP contribution in [-0.4, -0.2) is 13.0 Å². The number of hydrogen-bond donors (Lipinski definition) is 1. The first kappa shape index (κ1) is 27.0. The van der Waals surface area contributed by atoms with Crippen LogP contribution < -0.4 is 39.4 Å². The molecule has 0 unspecified atom stereocenters. The number of unbranched alkanes of at least 4 members (excludes halogenated alkanes) is 8. The summed E-state index contributed by atoms with van der Waals surface area (Å²) >= 11 is 0. The zero-order valence-electron chi connectivity index (χ0n) is 18.1. The number of rotatable bonds is 13. The van der Waals surface area contributed by atoms with Crippen LogP contribution in [0.15, 0.2) is 47.4 Å². The van der Waals surface area contributed by atoms with Gasteiger partial charge in [-0.2, -0.15) is 8.42 Å². The van der Waals surface area contributed by atoms with E-state index in [1.54, 1.807) is 6.07 Å². The molecule has 0 aliphatic rings. The SMILES string of the molecule is CCCCCCCCCCCc1cccc(Oc2c([O-])cccc2S(=O)(=O)O)c1.[Na+]. The van der Waals surface area contributed by atoms with Crippen LogP contribution in [0.25, 0.3) is 0 Å². The van der Waals surface area contributed by atoms with E-state index >= 15 is 0 Å². The van der Waals surface area contributed by atoms with Gasteiger partial charge in [0.15, 0.2) is 0 Å². The second-order valence-electron chi connectivity index (χ2n) is 7.39. The van der Waals surface area contributed by atoms with E-state index in [0.717, 1.165) is 24.5 Å². The number of ether oxygens (including phenoxy) is 1. The van der Waals surface area contributed by atoms with Crippen LogP contribution in [-0.2, 0) is 16.5 Å². The minimum atomic E-state index is -4.54. The zero-order chi connectivity index (χ0) is 21.1. The van der Waals surface area contributed by atoms with Gasteiger partial charge < -0.3 is 9.84 Å². The Bertz CT molecular complexity index is 868. The first-order valence-electron chi connectivity index (χ1n) is 10.5. The first-order valence-corrected chi connectivity index (χ1v) is 11.9. The van der Waals surface area contributed by atoms with Crippen LogP contribution in [0.5, 0.6) is 17.2 Å². The summed E-state index contributed by atoms with van der Waals surface area (Å²) in [6.07, 6.45) is 12.3. The Morgan fingerprint density at radius 3 is 2.13 bits per heavy atom. The van der Waals surface area contributed by atoms with E-state index in [-0.39, 0.29) is 35.3 Å². The van der Waals surface area contributed by atoms with Crippen molar-refractivity contribution in [2.45, 2.75) is 76.0 Å². The van der Waals surface area contributed by atoms with E-state index in [0.29, 0.717) is 5.75 Å². The molecule has 0 saturated carbocycles. The fraction of sp³-hybridized carbons (Fsp3) is 0.478. The summed E-state index contributed by atoms with van der Waals surface area (Å²) in [7, 11) is -4.54. The summed E-state index contributed by atoms with van der Waals surface area (Å²) in [4.78, 5) is -0.519. The summed E-state index contributed by atoms with van der Waals surface area (Å²) in [6, 6.07) is 10.9. The number of benzene rings is 2. The minimum absolute atomic E-state index is 0. The van der Waals surface area contributed by atoms with Crippen LogP contribution in [0.2, 0.25) is 0 Å². The van der Waals surface area contributed by atoms with Crippen molar-refractivity contribution < 1.29 is 52.4 Å². The smallest absolute Gasteiger partial charge is 0.870 e. The summed E-state index contributed by atoms with van der Waals surface area (Å²) in [6.45, 7) is 2.23. The maximum Gasteiger partial charge on any atom is 1.00 e. The molecule has 0 saturated heterocycles. The molecule has 160 valence electrons. The first-order chi connectivity index (χ1) is 13.9. The van der Waals surface area contributed by atoms with Crippen molar-refractivity contribution in [2.75, 3.05) is 0 Å². The summed E-state index contributed by atoms with van der Waals surface area (Å²) in [5.41, 5.74) is 1.07. The molecule has 5 nitrogen and oxygen atoms in total. The molecule has 0 fully saturated rings. The quantitative estimate of drug-likeness (QED) is 0.293. The molecule has 2 aromatic rings. The van der Waals surface area contributed by atoms with E-state index in [1.807, 2.05) is 18.2 Å². The largest absolute Gasteiger partial charge is 1.00 e. The van der Waals surface area contributed by atoms with Crippen molar-refractivity contribution in [3.05, 3.63) is 48.0 Å². The molecule has 2 rings (SSSR count). The third kappa shape index (κ3) is 9.40. The summed E-state index contributed by atoms with van der Waals surface area (Å²) in [5, 5.41) is 12.0. The van der Waals surface area contributed by atoms with Crippen LogP contribution in [0.3, 0.4) is 0 Å². The maximum absolute atomic E-state index is 12.0. The molecule has 0 radical (unpaired) electrons. The summed E-state index contributed by atoms with van der Waals surface area (Å²) in [5.74, 6) is -0.591. The number of aryl methyl sites for hydroxylation is 1. The van der Waals surface area contributed by atoms with Crippen LogP contribution in [0, 0.1) is 0 Å². The molecule has 1 N–H and O–H groups in total. The van der Waals surface area contributed by atoms with Gasteiger partial charge in [0.25, 0.3) is 10.1 Å². The van der Waals surface area contributed by atoms with Crippen molar-refractivity contribution in [2.24, 2.45) is 0 Å². The second-order valence-corrected chi connectivity index (χ2v) is 8.78. The molecule has 30 heavy (non-hydrogen) atoms. The van der Waals surface area contributed by atoms with Gasteiger partial charge in [0.05, 0.1) is 0 Å². The van der Waals surface area contributed by atoms with E-state index in [2.05, 4.69) is 6.92 Å². The maximum atomic E-state index is 12.0. The third-order valence-corrected chi connectivity index (χ3v) is 5.79. The predicted octanol–water partition coefficient (Wildman–Crippen LogP) is 2.88. The molecule has 0 heterocycles. The Morgan fingerprint density at radius 2 is 1.50 bits per heavy atom. The Kier molecular flexibility index (Phi) is 12.7. The second kappa shape index (κ2) is 14.1. The zero-order valence-corrected chi connectivity index (χ0v) is 20.9. The van der Waals surface area contributed by atoms with Crippen molar-refractivity contribution in [1.29, 1.82) is 0 Å². The van der Waals surface area contributed by atoms with Crippen molar-refractivity contribution in [1.82, 2.24) is 0 Å². The van der Waals surface area contributed by atoms with Gasteiger partial charge in [-0.1, -0.05) is 88.3 Å². The predicted molar refractivity (Wildman–Crippen MR) is 113 cm³/mol. The fourth-order valence-electron chi connectivity index (χ4n) is 3.32. The molecule has 7 heteroatoms. The molecule has 0 aliphatic carbocycles. The van der Waals surface area contributed by atoms with Gasteiger partial charge in [0.1, 0.15) is 16.4 Å². The number of hydrogen-bond acceptors (Lipinski definition) is 4. The van der Waals surface area contributed by atoms with Gasteiger partial charge in [0.2, 0.25) is 0 Å². The molecule has 0 atom stereocenters. The van der Waals surface area contributed by atoms with Gasteiger partial charge in [-0.15, -0.1) is 0 Å². The monoisotopic (exact) mass is 442 g/mol. The molecule has 0 aliphatic heterocycles. The van der Waals surface area contributed by atoms with Crippen LogP contribution in [0.4, 0.5) is 0 Å². The van der Waals surface area contributed by atoms with Crippen molar-refractivity contribution in [3.63, 3.8) is 0 Å². The molecule has 0 amide bonds.